The Morgan fingerprint density at radius 3 is 2.97 bits per heavy atom. The highest BCUT2D eigenvalue weighted by molar-refractivity contribution is 7.99. The van der Waals surface area contributed by atoms with E-state index in [2.05, 4.69) is 6.92 Å². The Kier molecular flexibility index (Phi) is 6.32. The first-order valence-corrected chi connectivity index (χ1v) is 12.2. The van der Waals surface area contributed by atoms with Crippen molar-refractivity contribution >= 4 is 39.3 Å². The summed E-state index contributed by atoms with van der Waals surface area (Å²) in [6.45, 7) is 7.15. The first kappa shape index (κ1) is 20.9. The zero-order valence-corrected chi connectivity index (χ0v) is 18.9. The Labute approximate surface area is 179 Å². The molecule has 1 fully saturated rings. The van der Waals surface area contributed by atoms with Crippen LogP contribution in [0.2, 0.25) is 0 Å². The quantitative estimate of drug-likeness (QED) is 0.390. The number of nitrogens with zero attached hydrogens (tertiary/aromatic N) is 2. The molecule has 0 saturated carbocycles. The molecule has 2 atom stereocenters. The lowest BCUT2D eigenvalue weighted by Crippen LogP contribution is -2.29. The molecule has 3 heterocycles. The van der Waals surface area contributed by atoms with Crippen LogP contribution in [-0.2, 0) is 33.7 Å². The van der Waals surface area contributed by atoms with Gasteiger partial charge in [-0.1, -0.05) is 18.7 Å². The molecule has 0 amide bonds. The van der Waals surface area contributed by atoms with Crippen LogP contribution in [-0.4, -0.2) is 40.1 Å². The summed E-state index contributed by atoms with van der Waals surface area (Å²) >= 11 is 2.93. The fraction of sp³-hybridized carbons (Fsp3) is 0.667. The lowest BCUT2D eigenvalue weighted by atomic mass is 9.89. The van der Waals surface area contributed by atoms with Gasteiger partial charge in [0.25, 0.3) is 5.56 Å². The molecule has 1 aliphatic heterocycles. The predicted octanol–water partition coefficient (Wildman–Crippen LogP) is 3.81. The smallest absolute Gasteiger partial charge is 0.316 e. The maximum Gasteiger partial charge on any atom is 0.316 e. The first-order chi connectivity index (χ1) is 13.9. The Hall–Kier alpha value is -1.38. The standard InChI is InChI=1S/C21H28N2O4S2/c1-12(2)27-17(24)11-28-21-22-19-18(15-7-6-13(3)9-16(15)29-19)20(25)23(21)10-14-5-4-8-26-14/h12-14H,4-11H2,1-3H3. The average Bonchev–Trinajstić information content (AvgIpc) is 3.28. The van der Waals surface area contributed by atoms with Gasteiger partial charge in [0, 0.05) is 11.5 Å². The Balaban J connectivity index is 1.71. The highest BCUT2D eigenvalue weighted by atomic mass is 32.2. The third kappa shape index (κ3) is 4.54. The summed E-state index contributed by atoms with van der Waals surface area (Å²) in [6, 6.07) is 0. The molecular weight excluding hydrogens is 408 g/mol. The molecular formula is C21H28N2O4S2. The van der Waals surface area contributed by atoms with Crippen LogP contribution in [0.5, 0.6) is 0 Å². The van der Waals surface area contributed by atoms with E-state index in [0.29, 0.717) is 17.6 Å². The molecule has 8 heteroatoms. The molecule has 4 rings (SSSR count). The Morgan fingerprint density at radius 1 is 1.41 bits per heavy atom. The molecule has 1 saturated heterocycles. The van der Waals surface area contributed by atoms with Crippen LogP contribution in [0.15, 0.2) is 9.95 Å². The zero-order chi connectivity index (χ0) is 20.5. The fourth-order valence-corrected chi connectivity index (χ4v) is 6.30. The molecule has 0 bridgehead atoms. The number of thiophene rings is 1. The minimum absolute atomic E-state index is 0.0114. The van der Waals surface area contributed by atoms with E-state index in [1.54, 1.807) is 15.9 Å². The van der Waals surface area contributed by atoms with Gasteiger partial charge in [0.05, 0.1) is 29.9 Å². The van der Waals surface area contributed by atoms with Crippen molar-refractivity contribution in [3.63, 3.8) is 0 Å². The van der Waals surface area contributed by atoms with E-state index >= 15 is 0 Å². The number of rotatable bonds is 6. The van der Waals surface area contributed by atoms with E-state index in [4.69, 9.17) is 14.5 Å². The average molecular weight is 437 g/mol. The van der Waals surface area contributed by atoms with Crippen LogP contribution in [0.4, 0.5) is 0 Å². The lowest BCUT2D eigenvalue weighted by Gasteiger charge is -2.18. The summed E-state index contributed by atoms with van der Waals surface area (Å²) in [5.74, 6) is 0.496. The van der Waals surface area contributed by atoms with Crippen LogP contribution in [0.25, 0.3) is 10.2 Å². The van der Waals surface area contributed by atoms with Gasteiger partial charge in [-0.3, -0.25) is 14.2 Å². The largest absolute Gasteiger partial charge is 0.462 e. The molecule has 158 valence electrons. The molecule has 2 aliphatic rings. The third-order valence-electron chi connectivity index (χ3n) is 5.48. The van der Waals surface area contributed by atoms with Gasteiger partial charge in [0.1, 0.15) is 4.83 Å². The minimum atomic E-state index is -0.290. The molecule has 2 unspecified atom stereocenters. The molecule has 1 aliphatic carbocycles. The van der Waals surface area contributed by atoms with Gasteiger partial charge in [-0.25, -0.2) is 4.98 Å². The van der Waals surface area contributed by atoms with Crippen molar-refractivity contribution in [3.8, 4) is 0 Å². The number of esters is 1. The Bertz CT molecular complexity index is 960. The summed E-state index contributed by atoms with van der Waals surface area (Å²) in [6.07, 6.45) is 4.92. The van der Waals surface area contributed by atoms with E-state index in [-0.39, 0.29) is 29.5 Å². The third-order valence-corrected chi connectivity index (χ3v) is 7.57. The van der Waals surface area contributed by atoms with Gasteiger partial charge in [-0.15, -0.1) is 11.3 Å². The lowest BCUT2D eigenvalue weighted by molar-refractivity contribution is -0.144. The minimum Gasteiger partial charge on any atom is -0.462 e. The molecule has 0 radical (unpaired) electrons. The van der Waals surface area contributed by atoms with Crippen molar-refractivity contribution in [1.82, 2.24) is 9.55 Å². The van der Waals surface area contributed by atoms with Crippen LogP contribution in [0.3, 0.4) is 0 Å². The number of aryl methyl sites for hydroxylation is 1. The number of hydrogen-bond acceptors (Lipinski definition) is 7. The van der Waals surface area contributed by atoms with E-state index in [1.807, 2.05) is 13.8 Å². The molecule has 0 aromatic carbocycles. The van der Waals surface area contributed by atoms with Gasteiger partial charge < -0.3 is 9.47 Å². The number of fused-ring (bicyclic) bond motifs is 3. The zero-order valence-electron chi connectivity index (χ0n) is 17.2. The molecule has 2 aromatic heterocycles. The summed E-state index contributed by atoms with van der Waals surface area (Å²) in [4.78, 5) is 32.5. The van der Waals surface area contributed by atoms with Crippen molar-refractivity contribution in [2.45, 2.75) is 76.8 Å². The van der Waals surface area contributed by atoms with Gasteiger partial charge in [-0.05, 0) is 57.4 Å². The number of carbonyl (C=O) groups excluding carboxylic acids is 1. The topological polar surface area (TPSA) is 70.4 Å². The monoisotopic (exact) mass is 436 g/mol. The van der Waals surface area contributed by atoms with Crippen LogP contribution >= 0.6 is 23.1 Å². The maximum atomic E-state index is 13.5. The second-order valence-corrected chi connectivity index (χ2v) is 10.3. The van der Waals surface area contributed by atoms with Crippen LogP contribution in [0.1, 0.15) is 50.5 Å². The summed E-state index contributed by atoms with van der Waals surface area (Å²) in [5.41, 5.74) is 1.20. The van der Waals surface area contributed by atoms with E-state index in [9.17, 15) is 9.59 Å². The first-order valence-electron chi connectivity index (χ1n) is 10.4. The second-order valence-electron chi connectivity index (χ2n) is 8.30. The van der Waals surface area contributed by atoms with Crippen molar-refractivity contribution in [1.29, 1.82) is 0 Å². The predicted molar refractivity (Wildman–Crippen MR) is 116 cm³/mol. The number of aromatic nitrogens is 2. The highest BCUT2D eigenvalue weighted by Crippen LogP contribution is 2.36. The van der Waals surface area contributed by atoms with Gasteiger partial charge in [-0.2, -0.15) is 0 Å². The summed E-state index contributed by atoms with van der Waals surface area (Å²) < 4.78 is 12.8. The summed E-state index contributed by atoms with van der Waals surface area (Å²) in [5, 5.41) is 1.37. The number of ether oxygens (including phenoxy) is 2. The van der Waals surface area contributed by atoms with Gasteiger partial charge >= 0.3 is 5.97 Å². The van der Waals surface area contributed by atoms with Gasteiger partial charge in [0.15, 0.2) is 5.16 Å². The molecule has 0 spiro atoms. The molecule has 0 N–H and O–H groups in total. The van der Waals surface area contributed by atoms with Crippen LogP contribution in [0, 0.1) is 5.92 Å². The molecule has 2 aromatic rings. The number of hydrogen-bond donors (Lipinski definition) is 0. The van der Waals surface area contributed by atoms with E-state index in [0.717, 1.165) is 48.9 Å². The number of thioether (sulfide) groups is 1. The number of carbonyl (C=O) groups is 1. The van der Waals surface area contributed by atoms with Crippen LogP contribution < -0.4 is 5.56 Å². The normalized spacial score (nSPS) is 21.7. The van der Waals surface area contributed by atoms with Crippen molar-refractivity contribution in [2.75, 3.05) is 12.4 Å². The molecule has 6 nitrogen and oxygen atoms in total. The highest BCUT2D eigenvalue weighted by Gasteiger charge is 2.26. The van der Waals surface area contributed by atoms with Crippen molar-refractivity contribution < 1.29 is 14.3 Å². The fourth-order valence-electron chi connectivity index (χ4n) is 4.09. The maximum absolute atomic E-state index is 13.5. The second kappa shape index (κ2) is 8.78. The molecule has 29 heavy (non-hydrogen) atoms. The van der Waals surface area contributed by atoms with Crippen molar-refractivity contribution in [3.05, 3.63) is 20.8 Å². The summed E-state index contributed by atoms with van der Waals surface area (Å²) in [7, 11) is 0. The Morgan fingerprint density at radius 2 is 2.24 bits per heavy atom. The van der Waals surface area contributed by atoms with E-state index in [1.165, 1.54) is 22.2 Å². The van der Waals surface area contributed by atoms with Gasteiger partial charge in [0.2, 0.25) is 0 Å². The SMILES string of the molecule is CC1CCc2c(sc3nc(SCC(=O)OC(C)C)n(CC4CCCO4)c(=O)c23)C1. The van der Waals surface area contributed by atoms with Crippen molar-refractivity contribution in [2.24, 2.45) is 5.92 Å². The van der Waals surface area contributed by atoms with E-state index < -0.39 is 0 Å².